The fourth-order valence-electron chi connectivity index (χ4n) is 2.23. The molecule has 0 rings (SSSR count). The van der Waals surface area contributed by atoms with Crippen molar-refractivity contribution in [2.75, 3.05) is 32.7 Å². The van der Waals surface area contributed by atoms with Gasteiger partial charge in [0.15, 0.2) is 0 Å². The summed E-state index contributed by atoms with van der Waals surface area (Å²) >= 11 is 0. The lowest BCUT2D eigenvalue weighted by Crippen LogP contribution is -2.46. The molecule has 0 aromatic carbocycles. The fraction of sp³-hybridized carbons (Fsp3) is 1.00. The van der Waals surface area contributed by atoms with Crippen LogP contribution in [0.25, 0.3) is 0 Å². The van der Waals surface area contributed by atoms with E-state index < -0.39 is 5.60 Å². The van der Waals surface area contributed by atoms with Gasteiger partial charge >= 0.3 is 0 Å². The predicted molar refractivity (Wildman–Crippen MR) is 80.0 cm³/mol. The molecular weight excluding hydrogens is 224 g/mol. The second kappa shape index (κ2) is 8.13. The molecule has 0 aromatic rings. The van der Waals surface area contributed by atoms with E-state index in [1.165, 1.54) is 6.42 Å². The Kier molecular flexibility index (Phi) is 8.08. The third-order valence-electron chi connectivity index (χ3n) is 3.50. The summed E-state index contributed by atoms with van der Waals surface area (Å²) in [6, 6.07) is 0. The van der Waals surface area contributed by atoms with Crippen LogP contribution >= 0.6 is 0 Å². The molecule has 1 atom stereocenters. The van der Waals surface area contributed by atoms with Gasteiger partial charge in [-0.3, -0.25) is 0 Å². The SMILES string of the molecule is CCCNCC(C)(CC)CN(CC)CC(C)(C)O. The first-order valence-corrected chi connectivity index (χ1v) is 7.41. The highest BCUT2D eigenvalue weighted by Gasteiger charge is 2.27. The smallest absolute Gasteiger partial charge is 0.0718 e. The van der Waals surface area contributed by atoms with Gasteiger partial charge < -0.3 is 15.3 Å². The summed E-state index contributed by atoms with van der Waals surface area (Å²) in [5.41, 5.74) is -0.321. The maximum atomic E-state index is 9.95. The summed E-state index contributed by atoms with van der Waals surface area (Å²) in [7, 11) is 0. The Morgan fingerprint density at radius 3 is 2.06 bits per heavy atom. The molecule has 110 valence electrons. The molecule has 0 aliphatic rings. The fourth-order valence-corrected chi connectivity index (χ4v) is 2.23. The highest BCUT2D eigenvalue weighted by molar-refractivity contribution is 4.82. The van der Waals surface area contributed by atoms with Gasteiger partial charge in [-0.15, -0.1) is 0 Å². The van der Waals surface area contributed by atoms with Crippen LogP contribution in [0.4, 0.5) is 0 Å². The van der Waals surface area contributed by atoms with Crippen LogP contribution in [0.2, 0.25) is 0 Å². The molecule has 2 N–H and O–H groups in total. The molecule has 0 spiro atoms. The molecule has 0 aliphatic heterocycles. The minimum Gasteiger partial charge on any atom is -0.389 e. The molecule has 0 aromatic heterocycles. The summed E-state index contributed by atoms with van der Waals surface area (Å²) in [6.45, 7) is 17.6. The van der Waals surface area contributed by atoms with Crippen LogP contribution in [0.5, 0.6) is 0 Å². The lowest BCUT2D eigenvalue weighted by molar-refractivity contribution is 0.0233. The van der Waals surface area contributed by atoms with E-state index in [9.17, 15) is 5.11 Å². The van der Waals surface area contributed by atoms with Gasteiger partial charge in [-0.2, -0.15) is 0 Å². The van der Waals surface area contributed by atoms with Crippen molar-refractivity contribution in [3.8, 4) is 0 Å². The molecule has 0 saturated heterocycles. The molecule has 0 radical (unpaired) electrons. The van der Waals surface area contributed by atoms with Gasteiger partial charge in [0.05, 0.1) is 5.60 Å². The first kappa shape index (κ1) is 17.9. The zero-order valence-corrected chi connectivity index (χ0v) is 13.3. The molecule has 0 aliphatic carbocycles. The number of rotatable bonds is 10. The van der Waals surface area contributed by atoms with E-state index in [4.69, 9.17) is 0 Å². The monoisotopic (exact) mass is 258 g/mol. The summed E-state index contributed by atoms with van der Waals surface area (Å²) in [4.78, 5) is 2.36. The number of hydrogen-bond acceptors (Lipinski definition) is 3. The average Bonchev–Trinajstić information content (AvgIpc) is 2.27. The highest BCUT2D eigenvalue weighted by Crippen LogP contribution is 2.22. The van der Waals surface area contributed by atoms with E-state index in [0.29, 0.717) is 0 Å². The van der Waals surface area contributed by atoms with Crippen LogP contribution < -0.4 is 5.32 Å². The Morgan fingerprint density at radius 2 is 1.67 bits per heavy atom. The molecule has 0 saturated carbocycles. The van der Waals surface area contributed by atoms with Gasteiger partial charge in [0.2, 0.25) is 0 Å². The molecule has 1 unspecified atom stereocenters. The van der Waals surface area contributed by atoms with Crippen molar-refractivity contribution in [2.24, 2.45) is 5.41 Å². The standard InChI is InChI=1S/C15H34N2O/c1-7-10-16-11-15(6,8-2)13-17(9-3)12-14(4,5)18/h16,18H,7-13H2,1-6H3. The van der Waals surface area contributed by atoms with Crippen LogP contribution in [0.3, 0.4) is 0 Å². The van der Waals surface area contributed by atoms with Gasteiger partial charge in [0.25, 0.3) is 0 Å². The molecule has 0 heterocycles. The summed E-state index contributed by atoms with van der Waals surface area (Å²) in [5.74, 6) is 0. The largest absolute Gasteiger partial charge is 0.389 e. The van der Waals surface area contributed by atoms with Crippen LogP contribution in [0, 0.1) is 5.41 Å². The Labute approximate surface area is 114 Å². The summed E-state index contributed by atoms with van der Waals surface area (Å²) < 4.78 is 0. The normalized spacial score (nSPS) is 16.0. The van der Waals surface area contributed by atoms with Crippen molar-refractivity contribution in [1.82, 2.24) is 10.2 Å². The topological polar surface area (TPSA) is 35.5 Å². The number of nitrogens with zero attached hydrogens (tertiary/aromatic N) is 1. The minimum atomic E-state index is -0.610. The van der Waals surface area contributed by atoms with E-state index in [2.05, 4.69) is 37.9 Å². The maximum absolute atomic E-state index is 9.95. The number of nitrogens with one attached hydrogen (secondary N) is 1. The first-order chi connectivity index (χ1) is 8.26. The van der Waals surface area contributed by atoms with Gasteiger partial charge in [0, 0.05) is 19.6 Å². The maximum Gasteiger partial charge on any atom is 0.0718 e. The Bertz CT molecular complexity index is 213. The Morgan fingerprint density at radius 1 is 1.06 bits per heavy atom. The molecule has 0 fully saturated rings. The molecule has 0 amide bonds. The van der Waals surface area contributed by atoms with Gasteiger partial charge in [-0.25, -0.2) is 0 Å². The van der Waals surface area contributed by atoms with Crippen molar-refractivity contribution in [3.63, 3.8) is 0 Å². The Balaban J connectivity index is 4.36. The number of hydrogen-bond donors (Lipinski definition) is 2. The predicted octanol–water partition coefficient (Wildman–Crippen LogP) is 2.50. The van der Waals surface area contributed by atoms with Crippen LogP contribution in [-0.4, -0.2) is 48.3 Å². The number of aliphatic hydroxyl groups is 1. The first-order valence-electron chi connectivity index (χ1n) is 7.41. The van der Waals surface area contributed by atoms with Crippen molar-refractivity contribution in [2.45, 2.75) is 60.0 Å². The molecule has 18 heavy (non-hydrogen) atoms. The molecule has 3 nitrogen and oxygen atoms in total. The van der Waals surface area contributed by atoms with E-state index in [0.717, 1.165) is 39.1 Å². The highest BCUT2D eigenvalue weighted by atomic mass is 16.3. The van der Waals surface area contributed by atoms with Crippen molar-refractivity contribution >= 4 is 0 Å². The third-order valence-corrected chi connectivity index (χ3v) is 3.50. The van der Waals surface area contributed by atoms with Crippen LogP contribution in [0.1, 0.15) is 54.4 Å². The zero-order valence-electron chi connectivity index (χ0n) is 13.3. The van der Waals surface area contributed by atoms with E-state index >= 15 is 0 Å². The lowest BCUT2D eigenvalue weighted by atomic mass is 9.86. The van der Waals surface area contributed by atoms with Crippen LogP contribution in [-0.2, 0) is 0 Å². The Hall–Kier alpha value is -0.120. The number of likely N-dealkylation sites (N-methyl/N-ethyl adjacent to an activating group) is 1. The lowest BCUT2D eigenvalue weighted by Gasteiger charge is -2.37. The average molecular weight is 258 g/mol. The second-order valence-electron chi connectivity index (χ2n) is 6.46. The second-order valence-corrected chi connectivity index (χ2v) is 6.46. The third kappa shape index (κ3) is 8.06. The van der Waals surface area contributed by atoms with Gasteiger partial charge in [-0.05, 0) is 45.2 Å². The van der Waals surface area contributed by atoms with Crippen molar-refractivity contribution in [1.29, 1.82) is 0 Å². The molecular formula is C15H34N2O. The zero-order chi connectivity index (χ0) is 14.2. The van der Waals surface area contributed by atoms with E-state index in [1.54, 1.807) is 0 Å². The molecule has 3 heteroatoms. The van der Waals surface area contributed by atoms with Gasteiger partial charge in [0.1, 0.15) is 0 Å². The van der Waals surface area contributed by atoms with E-state index in [-0.39, 0.29) is 5.41 Å². The molecule has 0 bridgehead atoms. The van der Waals surface area contributed by atoms with Gasteiger partial charge in [-0.1, -0.05) is 27.7 Å². The minimum absolute atomic E-state index is 0.288. The van der Waals surface area contributed by atoms with Crippen LogP contribution in [0.15, 0.2) is 0 Å². The van der Waals surface area contributed by atoms with Crippen molar-refractivity contribution < 1.29 is 5.11 Å². The van der Waals surface area contributed by atoms with Crippen molar-refractivity contribution in [3.05, 3.63) is 0 Å². The summed E-state index contributed by atoms with van der Waals surface area (Å²) in [5, 5.41) is 13.5. The van der Waals surface area contributed by atoms with E-state index in [1.807, 2.05) is 13.8 Å². The summed E-state index contributed by atoms with van der Waals surface area (Å²) in [6.07, 6.45) is 2.34. The quantitative estimate of drug-likeness (QED) is 0.591.